The molecule has 2 aromatic carbocycles. The standard InChI is InChI=1S/C21H18N6O6S/c1-31-15-5-8-17(18(13-15)32-2)20-25-26-21(33-20)24-19(28)14-3-6-16(7-4-14)34(29,30)27(11-9-22)12-10-23/h3-8,13H,11-12H2,1-2H3,(H,24,26,28). The minimum absolute atomic E-state index is 0.103. The zero-order valence-electron chi connectivity index (χ0n) is 18.0. The summed E-state index contributed by atoms with van der Waals surface area (Å²) < 4.78 is 41.9. The Kier molecular flexibility index (Phi) is 7.43. The summed E-state index contributed by atoms with van der Waals surface area (Å²) in [6, 6.07) is 13.2. The highest BCUT2D eigenvalue weighted by atomic mass is 32.2. The molecule has 0 radical (unpaired) electrons. The highest BCUT2D eigenvalue weighted by Gasteiger charge is 2.24. The molecule has 0 fully saturated rings. The normalized spacial score (nSPS) is 10.9. The first-order chi connectivity index (χ1) is 16.3. The summed E-state index contributed by atoms with van der Waals surface area (Å²) in [4.78, 5) is 12.4. The average molecular weight is 482 g/mol. The number of amides is 1. The molecule has 0 saturated carbocycles. The molecule has 1 amide bonds. The molecule has 34 heavy (non-hydrogen) atoms. The van der Waals surface area contributed by atoms with Gasteiger partial charge < -0.3 is 13.9 Å². The van der Waals surface area contributed by atoms with E-state index < -0.39 is 29.0 Å². The van der Waals surface area contributed by atoms with Crippen LogP contribution in [-0.4, -0.2) is 56.1 Å². The SMILES string of the molecule is COc1ccc(-c2nnc(NC(=O)c3ccc(S(=O)(=O)N(CC#N)CC#N)cc3)o2)c(OC)c1. The fourth-order valence-corrected chi connectivity index (χ4v) is 4.07. The summed E-state index contributed by atoms with van der Waals surface area (Å²) in [6.07, 6.45) is 0. The molecule has 0 saturated heterocycles. The van der Waals surface area contributed by atoms with Crippen LogP contribution in [0.2, 0.25) is 0 Å². The van der Waals surface area contributed by atoms with Gasteiger partial charge in [0.05, 0.1) is 36.8 Å². The Morgan fingerprint density at radius 1 is 1.06 bits per heavy atom. The van der Waals surface area contributed by atoms with Crippen molar-refractivity contribution >= 4 is 21.9 Å². The molecule has 0 spiro atoms. The second-order valence-corrected chi connectivity index (χ2v) is 8.48. The molecule has 0 aliphatic rings. The van der Waals surface area contributed by atoms with E-state index in [1.54, 1.807) is 30.3 Å². The number of nitriles is 2. The lowest BCUT2D eigenvalue weighted by Gasteiger charge is -2.15. The Bertz CT molecular complexity index is 1360. The minimum atomic E-state index is -4.07. The first-order valence-electron chi connectivity index (χ1n) is 9.55. The van der Waals surface area contributed by atoms with Crippen molar-refractivity contribution in [3.63, 3.8) is 0 Å². The Morgan fingerprint density at radius 3 is 2.32 bits per heavy atom. The lowest BCUT2D eigenvalue weighted by Crippen LogP contribution is -2.31. The van der Waals surface area contributed by atoms with Crippen molar-refractivity contribution in [2.24, 2.45) is 0 Å². The van der Waals surface area contributed by atoms with E-state index in [4.69, 9.17) is 24.4 Å². The topological polar surface area (TPSA) is 171 Å². The molecule has 3 rings (SSSR count). The van der Waals surface area contributed by atoms with E-state index in [1.165, 1.54) is 38.5 Å². The number of anilines is 1. The third kappa shape index (κ3) is 5.12. The van der Waals surface area contributed by atoms with Gasteiger partial charge in [0.15, 0.2) is 0 Å². The van der Waals surface area contributed by atoms with Gasteiger partial charge in [-0.1, -0.05) is 5.10 Å². The maximum atomic E-state index is 12.6. The van der Waals surface area contributed by atoms with Crippen molar-refractivity contribution in [1.29, 1.82) is 10.5 Å². The van der Waals surface area contributed by atoms with E-state index in [1.807, 2.05) is 0 Å². The van der Waals surface area contributed by atoms with Crippen molar-refractivity contribution in [1.82, 2.24) is 14.5 Å². The van der Waals surface area contributed by atoms with E-state index >= 15 is 0 Å². The van der Waals surface area contributed by atoms with Crippen molar-refractivity contribution in [3.8, 4) is 35.1 Å². The van der Waals surface area contributed by atoms with Gasteiger partial charge in [0.2, 0.25) is 10.0 Å². The molecule has 1 N–H and O–H groups in total. The number of methoxy groups -OCH3 is 2. The fraction of sp³-hybridized carbons (Fsp3) is 0.190. The molecule has 1 aromatic heterocycles. The number of aromatic nitrogens is 2. The van der Waals surface area contributed by atoms with Gasteiger partial charge in [-0.2, -0.15) is 14.8 Å². The molecular formula is C21H18N6O6S. The van der Waals surface area contributed by atoms with Gasteiger partial charge in [-0.05, 0) is 36.4 Å². The van der Waals surface area contributed by atoms with E-state index in [0.717, 1.165) is 4.31 Å². The van der Waals surface area contributed by atoms with Crippen LogP contribution in [0.25, 0.3) is 11.5 Å². The van der Waals surface area contributed by atoms with Crippen LogP contribution in [0, 0.1) is 22.7 Å². The molecule has 174 valence electrons. The van der Waals surface area contributed by atoms with Gasteiger partial charge in [-0.3, -0.25) is 10.1 Å². The van der Waals surface area contributed by atoms with Gasteiger partial charge in [-0.15, -0.1) is 5.10 Å². The zero-order valence-corrected chi connectivity index (χ0v) is 18.9. The third-order valence-corrected chi connectivity index (χ3v) is 6.34. The first-order valence-corrected chi connectivity index (χ1v) is 11.0. The lowest BCUT2D eigenvalue weighted by molar-refractivity contribution is 0.102. The first kappa shape index (κ1) is 24.2. The number of nitrogens with zero attached hydrogens (tertiary/aromatic N) is 5. The number of nitrogens with one attached hydrogen (secondary N) is 1. The van der Waals surface area contributed by atoms with E-state index in [0.29, 0.717) is 17.1 Å². The Hall–Kier alpha value is -4.46. The number of carbonyl (C=O) groups is 1. The monoisotopic (exact) mass is 482 g/mol. The van der Waals surface area contributed by atoms with Crippen molar-refractivity contribution in [2.45, 2.75) is 4.90 Å². The number of hydrogen-bond acceptors (Lipinski definition) is 10. The van der Waals surface area contributed by atoms with E-state index in [2.05, 4.69) is 15.5 Å². The number of hydrogen-bond donors (Lipinski definition) is 1. The minimum Gasteiger partial charge on any atom is -0.497 e. The zero-order chi connectivity index (χ0) is 24.7. The summed E-state index contributed by atoms with van der Waals surface area (Å²) in [5, 5.41) is 27.8. The van der Waals surface area contributed by atoms with Gasteiger partial charge >= 0.3 is 6.01 Å². The maximum Gasteiger partial charge on any atom is 0.322 e. The summed E-state index contributed by atoms with van der Waals surface area (Å²) in [5.41, 5.74) is 0.609. The van der Waals surface area contributed by atoms with Crippen LogP contribution in [0.1, 0.15) is 10.4 Å². The predicted molar refractivity (Wildman–Crippen MR) is 117 cm³/mol. The van der Waals surface area contributed by atoms with Crippen molar-refractivity contribution in [2.75, 3.05) is 32.6 Å². The second-order valence-electron chi connectivity index (χ2n) is 6.55. The molecule has 0 unspecified atom stereocenters. The lowest BCUT2D eigenvalue weighted by atomic mass is 10.2. The van der Waals surface area contributed by atoms with Crippen LogP contribution >= 0.6 is 0 Å². The molecule has 12 nitrogen and oxygen atoms in total. The molecule has 13 heteroatoms. The van der Waals surface area contributed by atoms with Crippen LogP contribution < -0.4 is 14.8 Å². The van der Waals surface area contributed by atoms with Gasteiger partial charge in [0.25, 0.3) is 11.8 Å². The van der Waals surface area contributed by atoms with Crippen LogP contribution in [-0.2, 0) is 10.0 Å². The number of benzene rings is 2. The molecule has 3 aromatic rings. The summed E-state index contributed by atoms with van der Waals surface area (Å²) >= 11 is 0. The van der Waals surface area contributed by atoms with Crippen LogP contribution in [0.4, 0.5) is 6.01 Å². The molecule has 0 bridgehead atoms. The van der Waals surface area contributed by atoms with Gasteiger partial charge in [-0.25, -0.2) is 8.42 Å². The quantitative estimate of drug-likeness (QED) is 0.445. The molecular weight excluding hydrogens is 464 g/mol. The smallest absolute Gasteiger partial charge is 0.322 e. The van der Waals surface area contributed by atoms with Crippen molar-refractivity contribution in [3.05, 3.63) is 48.0 Å². The molecule has 0 aliphatic heterocycles. The number of rotatable bonds is 9. The summed E-state index contributed by atoms with van der Waals surface area (Å²) in [7, 11) is -1.08. The predicted octanol–water partition coefficient (Wildman–Crippen LogP) is 2.04. The third-order valence-electron chi connectivity index (χ3n) is 4.53. The average Bonchev–Trinajstić information content (AvgIpc) is 3.31. The fourth-order valence-electron chi connectivity index (χ4n) is 2.84. The highest BCUT2D eigenvalue weighted by molar-refractivity contribution is 7.89. The largest absolute Gasteiger partial charge is 0.497 e. The Morgan fingerprint density at radius 2 is 1.74 bits per heavy atom. The van der Waals surface area contributed by atoms with Crippen LogP contribution in [0.5, 0.6) is 11.5 Å². The van der Waals surface area contributed by atoms with Crippen molar-refractivity contribution < 1.29 is 27.1 Å². The number of ether oxygens (including phenoxy) is 2. The van der Waals surface area contributed by atoms with E-state index in [9.17, 15) is 13.2 Å². The van der Waals surface area contributed by atoms with Gasteiger partial charge in [0.1, 0.15) is 24.6 Å². The van der Waals surface area contributed by atoms with Gasteiger partial charge in [0, 0.05) is 11.6 Å². The summed E-state index contributed by atoms with van der Waals surface area (Å²) in [6.45, 7) is -0.951. The Labute approximate surface area is 195 Å². The Balaban J connectivity index is 1.76. The number of carbonyl (C=O) groups excluding carboxylic acids is 1. The highest BCUT2D eigenvalue weighted by Crippen LogP contribution is 2.33. The maximum absolute atomic E-state index is 12.6. The van der Waals surface area contributed by atoms with Crippen LogP contribution in [0.15, 0.2) is 51.8 Å². The molecule has 0 aliphatic carbocycles. The molecule has 0 atom stereocenters. The molecule has 1 heterocycles. The second kappa shape index (κ2) is 10.4. The summed E-state index contributed by atoms with van der Waals surface area (Å²) in [5.74, 6) is 0.486. The van der Waals surface area contributed by atoms with E-state index in [-0.39, 0.29) is 22.4 Å². The number of sulfonamides is 1. The van der Waals surface area contributed by atoms with Crippen LogP contribution in [0.3, 0.4) is 0 Å².